The average Bonchev–Trinajstić information content (AvgIpc) is 2.88. The van der Waals surface area contributed by atoms with Crippen LogP contribution in [0.2, 0.25) is 0 Å². The smallest absolute Gasteiger partial charge is 0.120 e. The number of hydrogen-bond acceptors (Lipinski definition) is 2. The number of ether oxygens (including phenoxy) is 1. The van der Waals surface area contributed by atoms with E-state index in [0.717, 1.165) is 25.2 Å². The van der Waals surface area contributed by atoms with Crippen LogP contribution >= 0.6 is 0 Å². The zero-order valence-corrected chi connectivity index (χ0v) is 14.5. The van der Waals surface area contributed by atoms with E-state index in [1.54, 1.807) is 0 Å². The zero-order valence-electron chi connectivity index (χ0n) is 14.5. The molecule has 0 fully saturated rings. The normalized spacial score (nSPS) is 11.6. The molecule has 0 amide bonds. The maximum absolute atomic E-state index is 5.91. The van der Waals surface area contributed by atoms with Crippen LogP contribution in [0, 0.1) is 6.92 Å². The summed E-state index contributed by atoms with van der Waals surface area (Å²) in [7, 11) is 2.14. The van der Waals surface area contributed by atoms with E-state index < -0.39 is 0 Å². The topological polar surface area (TPSA) is 27.1 Å². The Hall–Kier alpha value is -2.55. The first-order valence-electron chi connectivity index (χ1n) is 8.59. The monoisotopic (exact) mass is 318 g/mol. The summed E-state index contributed by atoms with van der Waals surface area (Å²) in [6, 6.07) is 10.8. The van der Waals surface area contributed by atoms with Gasteiger partial charge in [0.1, 0.15) is 5.75 Å². The lowest BCUT2D eigenvalue weighted by Crippen LogP contribution is -1.96. The highest BCUT2D eigenvalue weighted by molar-refractivity contribution is 6.14. The van der Waals surface area contributed by atoms with Gasteiger partial charge in [-0.1, -0.05) is 13.3 Å². The molecule has 0 saturated carbocycles. The molecule has 0 unspecified atom stereocenters. The van der Waals surface area contributed by atoms with Gasteiger partial charge >= 0.3 is 0 Å². The third-order valence-electron chi connectivity index (χ3n) is 4.89. The molecule has 3 heteroatoms. The molecule has 0 atom stereocenters. The predicted molar refractivity (Wildman–Crippen MR) is 101 cm³/mol. The molecule has 0 aliphatic carbocycles. The molecule has 0 saturated heterocycles. The number of aryl methyl sites for hydroxylation is 2. The molecule has 2 aromatic heterocycles. The fraction of sp³-hybridized carbons (Fsp3) is 0.286. The second-order valence-corrected chi connectivity index (χ2v) is 6.43. The Kier molecular flexibility index (Phi) is 3.64. The standard InChI is InChI=1S/C21H22N2O/c1-4-5-10-24-16-6-7-20-18(12-16)19-11-15-13-22-9-8-17(15)14(2)21(19)23(20)3/h6-9,11-13H,4-5,10H2,1-3H3. The van der Waals surface area contributed by atoms with Gasteiger partial charge in [-0.05, 0) is 54.6 Å². The van der Waals surface area contributed by atoms with E-state index in [9.17, 15) is 0 Å². The van der Waals surface area contributed by atoms with Crippen LogP contribution in [0.5, 0.6) is 5.75 Å². The highest BCUT2D eigenvalue weighted by Gasteiger charge is 2.13. The Bertz CT molecular complexity index is 1050. The molecule has 0 aliphatic heterocycles. The number of nitrogens with zero attached hydrogens (tertiary/aromatic N) is 2. The number of pyridine rings is 1. The van der Waals surface area contributed by atoms with Crippen LogP contribution in [0.3, 0.4) is 0 Å². The van der Waals surface area contributed by atoms with Gasteiger partial charge in [0.05, 0.1) is 12.1 Å². The molecule has 0 N–H and O–H groups in total. The van der Waals surface area contributed by atoms with Gasteiger partial charge in [-0.2, -0.15) is 0 Å². The lowest BCUT2D eigenvalue weighted by Gasteiger charge is -2.06. The first kappa shape index (κ1) is 15.0. The molecular formula is C21H22N2O. The summed E-state index contributed by atoms with van der Waals surface area (Å²) in [5, 5.41) is 4.97. The van der Waals surface area contributed by atoms with E-state index in [2.05, 4.69) is 60.8 Å². The van der Waals surface area contributed by atoms with Gasteiger partial charge in [0.25, 0.3) is 0 Å². The van der Waals surface area contributed by atoms with Crippen molar-refractivity contribution in [3.05, 3.63) is 48.3 Å². The maximum Gasteiger partial charge on any atom is 0.120 e. The third kappa shape index (κ3) is 2.23. The molecule has 3 nitrogen and oxygen atoms in total. The molecule has 4 aromatic rings. The summed E-state index contributed by atoms with van der Waals surface area (Å²) >= 11 is 0. The Balaban J connectivity index is 1.98. The number of unbranched alkanes of at least 4 members (excludes halogenated alkanes) is 1. The van der Waals surface area contributed by atoms with Crippen molar-refractivity contribution < 1.29 is 4.74 Å². The second kappa shape index (κ2) is 5.82. The van der Waals surface area contributed by atoms with Gasteiger partial charge in [0.2, 0.25) is 0 Å². The second-order valence-electron chi connectivity index (χ2n) is 6.43. The van der Waals surface area contributed by atoms with E-state index in [4.69, 9.17) is 4.74 Å². The summed E-state index contributed by atoms with van der Waals surface area (Å²) < 4.78 is 8.20. The van der Waals surface area contributed by atoms with Crippen LogP contribution in [0.1, 0.15) is 25.3 Å². The summed E-state index contributed by atoms with van der Waals surface area (Å²) in [5.74, 6) is 0.951. The lowest BCUT2D eigenvalue weighted by atomic mass is 10.0. The zero-order chi connectivity index (χ0) is 16.7. The third-order valence-corrected chi connectivity index (χ3v) is 4.89. The van der Waals surface area contributed by atoms with Crippen LogP contribution < -0.4 is 4.74 Å². The fourth-order valence-corrected chi connectivity index (χ4v) is 3.62. The van der Waals surface area contributed by atoms with Gasteiger partial charge in [-0.25, -0.2) is 0 Å². The van der Waals surface area contributed by atoms with Crippen molar-refractivity contribution in [2.75, 3.05) is 6.61 Å². The van der Waals surface area contributed by atoms with Crippen molar-refractivity contribution in [3.63, 3.8) is 0 Å². The minimum atomic E-state index is 0.776. The Morgan fingerprint density at radius 1 is 1.08 bits per heavy atom. The predicted octanol–water partition coefficient (Wildman–Crippen LogP) is 5.37. The number of aromatic nitrogens is 2. The Morgan fingerprint density at radius 2 is 1.96 bits per heavy atom. The highest BCUT2D eigenvalue weighted by atomic mass is 16.5. The molecule has 0 radical (unpaired) electrons. The number of benzene rings is 2. The van der Waals surface area contributed by atoms with Gasteiger partial charge in [-0.3, -0.25) is 4.98 Å². The van der Waals surface area contributed by atoms with Crippen LogP contribution in [0.15, 0.2) is 42.7 Å². The first-order chi connectivity index (χ1) is 11.7. The van der Waals surface area contributed by atoms with Crippen molar-refractivity contribution in [1.82, 2.24) is 9.55 Å². The van der Waals surface area contributed by atoms with Crippen LogP contribution in [-0.4, -0.2) is 16.2 Å². The molecule has 2 heterocycles. The maximum atomic E-state index is 5.91. The fourth-order valence-electron chi connectivity index (χ4n) is 3.62. The Morgan fingerprint density at radius 3 is 2.79 bits per heavy atom. The molecule has 0 aliphatic rings. The van der Waals surface area contributed by atoms with Gasteiger partial charge in [0.15, 0.2) is 0 Å². The van der Waals surface area contributed by atoms with Crippen LogP contribution in [0.4, 0.5) is 0 Å². The largest absolute Gasteiger partial charge is 0.494 e. The van der Waals surface area contributed by atoms with Crippen molar-refractivity contribution >= 4 is 32.6 Å². The molecule has 122 valence electrons. The first-order valence-corrected chi connectivity index (χ1v) is 8.59. The van der Waals surface area contributed by atoms with E-state index in [-0.39, 0.29) is 0 Å². The summed E-state index contributed by atoms with van der Waals surface area (Å²) in [5.41, 5.74) is 3.82. The van der Waals surface area contributed by atoms with Crippen LogP contribution in [-0.2, 0) is 7.05 Å². The molecule has 0 spiro atoms. The average molecular weight is 318 g/mol. The minimum Gasteiger partial charge on any atom is -0.494 e. The van der Waals surface area contributed by atoms with Crippen molar-refractivity contribution in [3.8, 4) is 5.75 Å². The SMILES string of the molecule is CCCCOc1ccc2c(c1)c1cc3cnccc3c(C)c1n2C. The highest BCUT2D eigenvalue weighted by Crippen LogP contribution is 2.36. The molecule has 2 aromatic carbocycles. The number of fused-ring (bicyclic) bond motifs is 4. The molecule has 24 heavy (non-hydrogen) atoms. The Labute approximate surface area is 141 Å². The van der Waals surface area contributed by atoms with Crippen LogP contribution in [0.25, 0.3) is 32.6 Å². The molecule has 0 bridgehead atoms. The van der Waals surface area contributed by atoms with Crippen molar-refractivity contribution in [1.29, 1.82) is 0 Å². The number of hydrogen-bond donors (Lipinski definition) is 0. The summed E-state index contributed by atoms with van der Waals surface area (Å²) in [6.45, 7) is 5.15. The van der Waals surface area contributed by atoms with Gasteiger partial charge in [-0.15, -0.1) is 0 Å². The van der Waals surface area contributed by atoms with Crippen molar-refractivity contribution in [2.45, 2.75) is 26.7 Å². The molecule has 4 rings (SSSR count). The van der Waals surface area contributed by atoms with E-state index in [1.165, 1.54) is 38.1 Å². The quantitative estimate of drug-likeness (QED) is 0.473. The van der Waals surface area contributed by atoms with Gasteiger partial charge < -0.3 is 9.30 Å². The summed E-state index contributed by atoms with van der Waals surface area (Å²) in [6.07, 6.45) is 6.05. The van der Waals surface area contributed by atoms with E-state index in [1.807, 2.05) is 12.4 Å². The van der Waals surface area contributed by atoms with Crippen molar-refractivity contribution in [2.24, 2.45) is 7.05 Å². The number of rotatable bonds is 4. The molecular weight excluding hydrogens is 296 g/mol. The lowest BCUT2D eigenvalue weighted by molar-refractivity contribution is 0.310. The van der Waals surface area contributed by atoms with E-state index in [0.29, 0.717) is 0 Å². The summed E-state index contributed by atoms with van der Waals surface area (Å²) in [4.78, 5) is 4.28. The van der Waals surface area contributed by atoms with E-state index >= 15 is 0 Å². The van der Waals surface area contributed by atoms with Gasteiger partial charge in [0, 0.05) is 41.1 Å². The minimum absolute atomic E-state index is 0.776.